The third kappa shape index (κ3) is 177. The fourth-order valence-electron chi connectivity index (χ4n) is 0. The Balaban J connectivity index is 0. The van der Waals surface area contributed by atoms with E-state index >= 15 is 0 Å². The summed E-state index contributed by atoms with van der Waals surface area (Å²) < 4.78 is 0. The van der Waals surface area contributed by atoms with Crippen molar-refractivity contribution < 1.29 is 0 Å². The normalized spacial score (nSPS) is 6.75. The summed E-state index contributed by atoms with van der Waals surface area (Å²) in [6.45, 7) is 0. The van der Waals surface area contributed by atoms with E-state index in [9.17, 15) is 0 Å². The molecule has 8 heavy (non-hydrogen) atoms. The van der Waals surface area contributed by atoms with E-state index < -0.39 is 32.4 Å². The van der Waals surface area contributed by atoms with E-state index in [0.717, 1.165) is 0 Å². The molecule has 0 aromatic carbocycles. The maximum atomic E-state index is 2.35. The average molecular weight is 230 g/mol. The molecule has 0 unspecified atom stereocenters. The van der Waals surface area contributed by atoms with Gasteiger partial charge in [0.05, 0.1) is 0 Å². The average Bonchev–Trinajstić information content (AvgIpc) is 1.25. The molecule has 0 saturated heterocycles. The Morgan fingerprint density at radius 1 is 0.500 bits per heavy atom. The van der Waals surface area contributed by atoms with Gasteiger partial charge in [-0.2, -0.15) is 0 Å². The molecular formula is C6H18Ga2. The van der Waals surface area contributed by atoms with E-state index in [1.54, 1.807) is 0 Å². The van der Waals surface area contributed by atoms with Crippen molar-refractivity contribution in [3.8, 4) is 0 Å². The van der Waals surface area contributed by atoms with Crippen LogP contribution in [0.1, 0.15) is 0 Å². The minimum absolute atomic E-state index is 0.479. The fraction of sp³-hybridized carbons (Fsp3) is 1.00. The van der Waals surface area contributed by atoms with Gasteiger partial charge in [-0.05, 0) is 0 Å². The van der Waals surface area contributed by atoms with Crippen molar-refractivity contribution in [2.75, 3.05) is 0 Å². The van der Waals surface area contributed by atoms with Gasteiger partial charge in [-0.3, -0.25) is 0 Å². The summed E-state index contributed by atoms with van der Waals surface area (Å²) in [6, 6.07) is 0. The monoisotopic (exact) mass is 228 g/mol. The number of hydrogen-bond donors (Lipinski definition) is 0. The van der Waals surface area contributed by atoms with Crippen molar-refractivity contribution in [3.63, 3.8) is 0 Å². The van der Waals surface area contributed by atoms with Gasteiger partial charge in [-0.25, -0.2) is 0 Å². The number of rotatable bonds is 0. The van der Waals surface area contributed by atoms with Crippen LogP contribution in [0.5, 0.6) is 0 Å². The molecule has 0 amide bonds. The molecule has 0 rings (SSSR count). The van der Waals surface area contributed by atoms with Gasteiger partial charge in [-0.1, -0.05) is 0 Å². The van der Waals surface area contributed by atoms with Crippen molar-refractivity contribution in [1.82, 2.24) is 0 Å². The predicted octanol–water partition coefficient (Wildman–Crippen LogP) is 2.74. The van der Waals surface area contributed by atoms with Crippen molar-refractivity contribution in [2.24, 2.45) is 0 Å². The van der Waals surface area contributed by atoms with Crippen molar-refractivity contribution in [3.05, 3.63) is 0 Å². The summed E-state index contributed by atoms with van der Waals surface area (Å²) in [7, 11) is 0. The Hall–Kier alpha value is 1.27. The fourth-order valence-corrected chi connectivity index (χ4v) is 0. The van der Waals surface area contributed by atoms with Crippen molar-refractivity contribution in [2.45, 2.75) is 32.9 Å². The van der Waals surface area contributed by atoms with Crippen molar-refractivity contribution >= 4 is 32.4 Å². The zero-order chi connectivity index (χ0) is 7.15. The third-order valence-corrected chi connectivity index (χ3v) is 0. The second-order valence-corrected chi connectivity index (χ2v) is 18.0. The Morgan fingerprint density at radius 2 is 0.500 bits per heavy atom. The van der Waals surface area contributed by atoms with Crippen LogP contribution in [0.4, 0.5) is 0 Å². The van der Waals surface area contributed by atoms with Gasteiger partial charge in [-0.15, -0.1) is 0 Å². The topological polar surface area (TPSA) is 0 Å². The molecule has 2 heteroatoms. The van der Waals surface area contributed by atoms with Gasteiger partial charge in [0.1, 0.15) is 0 Å². The Kier molecular flexibility index (Phi) is 12.4. The molecule has 0 fully saturated rings. The Bertz CT molecular complexity index is 22.0. The minimum atomic E-state index is -0.479. The van der Waals surface area contributed by atoms with Gasteiger partial charge in [0, 0.05) is 0 Å². The summed E-state index contributed by atoms with van der Waals surface area (Å²) >= 11 is -0.958. The second-order valence-electron chi connectivity index (χ2n) is 3.46. The first-order valence-electron chi connectivity index (χ1n) is 3.46. The van der Waals surface area contributed by atoms with E-state index in [-0.39, 0.29) is 0 Å². The molecule has 0 N–H and O–H groups in total. The van der Waals surface area contributed by atoms with Gasteiger partial charge < -0.3 is 0 Å². The van der Waals surface area contributed by atoms with E-state index in [1.165, 1.54) is 0 Å². The molecule has 0 radical (unpaired) electrons. The molecule has 0 atom stereocenters. The van der Waals surface area contributed by atoms with Crippen LogP contribution >= 0.6 is 0 Å². The van der Waals surface area contributed by atoms with Crippen LogP contribution in [0.3, 0.4) is 0 Å². The van der Waals surface area contributed by atoms with Crippen LogP contribution in [0.2, 0.25) is 32.9 Å². The van der Waals surface area contributed by atoms with E-state index in [1.807, 2.05) is 0 Å². The standard InChI is InChI=1S/6CH3.2Ga/h6*1H3;;. The molecule has 0 aromatic heterocycles. The maximum absolute atomic E-state index is 2.35. The van der Waals surface area contributed by atoms with Crippen LogP contribution in [0, 0.1) is 0 Å². The van der Waals surface area contributed by atoms with E-state index in [4.69, 9.17) is 0 Å². The van der Waals surface area contributed by atoms with Gasteiger partial charge >= 0.3 is 65.3 Å². The molecule has 0 nitrogen and oxygen atoms in total. The second kappa shape index (κ2) is 8.27. The third-order valence-electron chi connectivity index (χ3n) is 0. The molecule has 0 spiro atoms. The quantitative estimate of drug-likeness (QED) is 0.561. The number of hydrogen-bond acceptors (Lipinski definition) is 0. The predicted molar refractivity (Wildman–Crippen MR) is 46.7 cm³/mol. The van der Waals surface area contributed by atoms with E-state index in [0.29, 0.717) is 0 Å². The summed E-state index contributed by atoms with van der Waals surface area (Å²) in [5.74, 6) is 0. The summed E-state index contributed by atoms with van der Waals surface area (Å²) in [4.78, 5) is 0. The van der Waals surface area contributed by atoms with Gasteiger partial charge in [0.2, 0.25) is 0 Å². The first kappa shape index (κ1) is 12.0. The van der Waals surface area contributed by atoms with Crippen LogP contribution < -0.4 is 0 Å². The molecule has 0 heterocycles. The summed E-state index contributed by atoms with van der Waals surface area (Å²) in [5, 5.41) is 0. The molecule has 0 bridgehead atoms. The summed E-state index contributed by atoms with van der Waals surface area (Å²) in [5.41, 5.74) is 14.1. The molecular weight excluding hydrogens is 212 g/mol. The molecule has 0 aliphatic heterocycles. The molecule has 48 valence electrons. The van der Waals surface area contributed by atoms with Crippen LogP contribution in [0.25, 0.3) is 0 Å². The first-order valence-corrected chi connectivity index (χ1v) is 18.0. The van der Waals surface area contributed by atoms with E-state index in [2.05, 4.69) is 32.9 Å². The summed E-state index contributed by atoms with van der Waals surface area (Å²) in [6.07, 6.45) is 0. The van der Waals surface area contributed by atoms with Crippen LogP contribution in [-0.4, -0.2) is 32.4 Å². The van der Waals surface area contributed by atoms with Gasteiger partial charge in [0.15, 0.2) is 0 Å². The zero-order valence-corrected chi connectivity index (χ0v) is 12.0. The molecule has 0 aromatic rings. The molecule has 0 aliphatic rings. The molecule has 0 aliphatic carbocycles. The van der Waals surface area contributed by atoms with Crippen LogP contribution in [-0.2, 0) is 0 Å². The zero-order valence-electron chi connectivity index (χ0n) is 7.15. The molecule has 0 saturated carbocycles. The van der Waals surface area contributed by atoms with Gasteiger partial charge in [0.25, 0.3) is 0 Å². The Morgan fingerprint density at radius 3 is 0.500 bits per heavy atom. The van der Waals surface area contributed by atoms with Crippen molar-refractivity contribution in [1.29, 1.82) is 0 Å². The van der Waals surface area contributed by atoms with Crippen LogP contribution in [0.15, 0.2) is 0 Å². The Labute approximate surface area is 65.1 Å². The first-order chi connectivity index (χ1) is 3.46. The SMILES string of the molecule is [CH3][Ga]([CH3])[CH3].[CH3][Ga]([CH3])[CH3].